The molecule has 20 heavy (non-hydrogen) atoms. The summed E-state index contributed by atoms with van der Waals surface area (Å²) in [5.41, 5.74) is 0.963. The van der Waals surface area contributed by atoms with E-state index in [1.54, 1.807) is 0 Å². The predicted octanol–water partition coefficient (Wildman–Crippen LogP) is 2.84. The number of ether oxygens (including phenoxy) is 1. The van der Waals surface area contributed by atoms with Crippen LogP contribution in [0.25, 0.3) is 0 Å². The van der Waals surface area contributed by atoms with Crippen LogP contribution >= 0.6 is 11.6 Å². The van der Waals surface area contributed by atoms with Crippen LogP contribution in [0.4, 0.5) is 26.3 Å². The molecule has 0 atom stereocenters. The maximum atomic E-state index is 12.8. The van der Waals surface area contributed by atoms with E-state index >= 15 is 0 Å². The van der Waals surface area contributed by atoms with Crippen molar-refractivity contribution in [1.29, 1.82) is 0 Å². The first-order chi connectivity index (χ1) is 8.97. The molecule has 0 aliphatic heterocycles. The molecule has 112 valence electrons. The molecule has 0 fully saturated rings. The summed E-state index contributed by atoms with van der Waals surface area (Å²) in [5.74, 6) is -1.44. The highest BCUT2D eigenvalue weighted by atomic mass is 35.5. The summed E-state index contributed by atoms with van der Waals surface area (Å²) in [6.07, 6.45) is -10.2. The first-order valence-electron chi connectivity index (χ1n) is 4.72. The molecule has 0 amide bonds. The summed E-state index contributed by atoms with van der Waals surface area (Å²) >= 11 is 4.92. The Morgan fingerprint density at radius 3 is 2.20 bits per heavy atom. The average molecular weight is 323 g/mol. The van der Waals surface area contributed by atoms with Crippen molar-refractivity contribution >= 4 is 16.8 Å². The summed E-state index contributed by atoms with van der Waals surface area (Å²) in [6, 6.07) is 0. The Hall–Kier alpha value is -1.55. The third-order valence-corrected chi connectivity index (χ3v) is 2.21. The zero-order chi connectivity index (χ0) is 15.7. The summed E-state index contributed by atoms with van der Waals surface area (Å²) in [4.78, 5) is 14.1. The van der Waals surface area contributed by atoms with Gasteiger partial charge >= 0.3 is 12.5 Å². The molecule has 0 bridgehead atoms. The standard InChI is InChI=1S/C9H5ClF6N2O2/c10-7(19)5-4(20-9(14,15)16)2-18-3(1-17)6(5)8(11,12)13/h2H,1,17H2. The van der Waals surface area contributed by atoms with E-state index in [2.05, 4.69) is 9.72 Å². The van der Waals surface area contributed by atoms with Crippen LogP contribution in [-0.2, 0) is 12.7 Å². The minimum absolute atomic E-state index is 0.306. The topological polar surface area (TPSA) is 65.2 Å². The van der Waals surface area contributed by atoms with Gasteiger partial charge in [0.15, 0.2) is 5.75 Å². The molecule has 1 aromatic heterocycles. The van der Waals surface area contributed by atoms with Crippen LogP contribution < -0.4 is 10.5 Å². The van der Waals surface area contributed by atoms with Crippen LogP contribution in [0.1, 0.15) is 21.6 Å². The smallest absolute Gasteiger partial charge is 0.403 e. The minimum Gasteiger partial charge on any atom is -0.403 e. The number of alkyl halides is 6. The van der Waals surface area contributed by atoms with Crippen molar-refractivity contribution in [2.75, 3.05) is 0 Å². The Bertz CT molecular complexity index is 528. The van der Waals surface area contributed by atoms with E-state index in [0.29, 0.717) is 6.20 Å². The quantitative estimate of drug-likeness (QED) is 0.686. The number of pyridine rings is 1. The third kappa shape index (κ3) is 3.73. The van der Waals surface area contributed by atoms with E-state index in [0.717, 1.165) is 0 Å². The third-order valence-electron chi connectivity index (χ3n) is 2.02. The van der Waals surface area contributed by atoms with Gasteiger partial charge in [0.25, 0.3) is 5.24 Å². The number of rotatable bonds is 3. The van der Waals surface area contributed by atoms with E-state index < -0.39 is 46.9 Å². The van der Waals surface area contributed by atoms with Crippen molar-refractivity contribution in [1.82, 2.24) is 4.98 Å². The second kappa shape index (κ2) is 5.44. The molecular formula is C9H5ClF6N2O2. The second-order valence-corrected chi connectivity index (χ2v) is 3.69. The number of carbonyl (C=O) groups excluding carboxylic acids is 1. The molecule has 0 aromatic carbocycles. The Morgan fingerprint density at radius 2 is 1.85 bits per heavy atom. The van der Waals surface area contributed by atoms with E-state index in [1.165, 1.54) is 0 Å². The van der Waals surface area contributed by atoms with Gasteiger partial charge in [-0.05, 0) is 11.6 Å². The molecule has 0 spiro atoms. The van der Waals surface area contributed by atoms with Gasteiger partial charge in [0.05, 0.1) is 23.0 Å². The highest BCUT2D eigenvalue weighted by Gasteiger charge is 2.42. The Morgan fingerprint density at radius 1 is 1.30 bits per heavy atom. The van der Waals surface area contributed by atoms with Gasteiger partial charge in [-0.15, -0.1) is 13.2 Å². The van der Waals surface area contributed by atoms with Gasteiger partial charge < -0.3 is 10.5 Å². The molecule has 0 radical (unpaired) electrons. The van der Waals surface area contributed by atoms with Crippen molar-refractivity contribution in [3.8, 4) is 5.75 Å². The number of hydrogen-bond donors (Lipinski definition) is 1. The fourth-order valence-corrected chi connectivity index (χ4v) is 1.58. The average Bonchev–Trinajstić information content (AvgIpc) is 2.24. The minimum atomic E-state index is -5.31. The van der Waals surface area contributed by atoms with Crippen LogP contribution in [-0.4, -0.2) is 16.6 Å². The summed E-state index contributed by atoms with van der Waals surface area (Å²) < 4.78 is 78.1. The van der Waals surface area contributed by atoms with Crippen LogP contribution in [0.15, 0.2) is 6.20 Å². The van der Waals surface area contributed by atoms with E-state index in [4.69, 9.17) is 17.3 Å². The molecular weight excluding hydrogens is 318 g/mol. The lowest BCUT2D eigenvalue weighted by Gasteiger charge is -2.18. The van der Waals surface area contributed by atoms with E-state index in [-0.39, 0.29) is 0 Å². The number of carbonyl (C=O) groups is 1. The highest BCUT2D eigenvalue weighted by molar-refractivity contribution is 6.68. The molecule has 1 rings (SSSR count). The maximum Gasteiger partial charge on any atom is 0.573 e. The van der Waals surface area contributed by atoms with Gasteiger partial charge in [-0.2, -0.15) is 13.2 Å². The maximum absolute atomic E-state index is 12.8. The van der Waals surface area contributed by atoms with Gasteiger partial charge in [-0.3, -0.25) is 9.78 Å². The van der Waals surface area contributed by atoms with Crippen molar-refractivity contribution in [2.24, 2.45) is 5.73 Å². The zero-order valence-electron chi connectivity index (χ0n) is 9.27. The largest absolute Gasteiger partial charge is 0.573 e. The van der Waals surface area contributed by atoms with Crippen molar-refractivity contribution in [3.63, 3.8) is 0 Å². The van der Waals surface area contributed by atoms with E-state index in [1.807, 2.05) is 0 Å². The second-order valence-electron chi connectivity index (χ2n) is 3.34. The van der Waals surface area contributed by atoms with Gasteiger partial charge in [-0.1, -0.05) is 0 Å². The van der Waals surface area contributed by atoms with E-state index in [9.17, 15) is 31.1 Å². The lowest BCUT2D eigenvalue weighted by Crippen LogP contribution is -2.23. The number of nitrogens with two attached hydrogens (primary N) is 1. The first kappa shape index (κ1) is 16.5. The summed E-state index contributed by atoms with van der Waals surface area (Å²) in [7, 11) is 0. The van der Waals surface area contributed by atoms with Gasteiger partial charge in [0, 0.05) is 6.54 Å². The molecule has 0 aliphatic carbocycles. The van der Waals surface area contributed by atoms with Crippen molar-refractivity contribution < 1.29 is 35.9 Å². The Balaban J connectivity index is 3.61. The van der Waals surface area contributed by atoms with Crippen LogP contribution in [0.3, 0.4) is 0 Å². The van der Waals surface area contributed by atoms with Crippen molar-refractivity contribution in [2.45, 2.75) is 19.1 Å². The van der Waals surface area contributed by atoms with Crippen molar-refractivity contribution in [3.05, 3.63) is 23.0 Å². The monoisotopic (exact) mass is 322 g/mol. The molecule has 1 heterocycles. The van der Waals surface area contributed by atoms with Gasteiger partial charge in [0.2, 0.25) is 0 Å². The van der Waals surface area contributed by atoms with Crippen LogP contribution in [0.5, 0.6) is 5.75 Å². The summed E-state index contributed by atoms with van der Waals surface area (Å²) in [6.45, 7) is -0.752. The number of hydrogen-bond acceptors (Lipinski definition) is 4. The van der Waals surface area contributed by atoms with Crippen LogP contribution in [0.2, 0.25) is 0 Å². The fourth-order valence-electron chi connectivity index (χ4n) is 1.39. The van der Waals surface area contributed by atoms with Gasteiger partial charge in [0.1, 0.15) is 0 Å². The molecule has 11 heteroatoms. The lowest BCUT2D eigenvalue weighted by atomic mass is 10.1. The SMILES string of the molecule is NCc1ncc(OC(F)(F)F)c(C(=O)Cl)c1C(F)(F)F. The zero-order valence-corrected chi connectivity index (χ0v) is 10.0. The normalized spacial score (nSPS) is 12.4. The molecule has 2 N–H and O–H groups in total. The number of nitrogens with zero attached hydrogens (tertiary/aromatic N) is 1. The first-order valence-corrected chi connectivity index (χ1v) is 5.10. The number of halogens is 7. The lowest BCUT2D eigenvalue weighted by molar-refractivity contribution is -0.275. The molecule has 1 aromatic rings. The molecule has 0 saturated heterocycles. The molecule has 0 saturated carbocycles. The molecule has 4 nitrogen and oxygen atoms in total. The van der Waals surface area contributed by atoms with Crippen LogP contribution in [0, 0.1) is 0 Å². The Labute approximate surface area is 112 Å². The fraction of sp³-hybridized carbons (Fsp3) is 0.333. The Kier molecular flexibility index (Phi) is 4.49. The van der Waals surface area contributed by atoms with Gasteiger partial charge in [-0.25, -0.2) is 0 Å². The molecule has 0 unspecified atom stereocenters. The summed E-state index contributed by atoms with van der Waals surface area (Å²) in [5, 5.41) is -1.77. The highest BCUT2D eigenvalue weighted by Crippen LogP contribution is 2.39. The molecule has 0 aliphatic rings. The number of aromatic nitrogens is 1. The predicted molar refractivity (Wildman–Crippen MR) is 54.0 cm³/mol.